The Morgan fingerprint density at radius 1 is 1.35 bits per heavy atom. The first kappa shape index (κ1) is 16.8. The molecule has 0 aromatic heterocycles. The molecule has 0 amide bonds. The van der Waals surface area contributed by atoms with Gasteiger partial charge in [-0.1, -0.05) is 19.1 Å². The SMILES string of the molecule is CCC(C)N(CCOC)CCC(=O)c1ccccc1F. The Hall–Kier alpha value is -1.26. The summed E-state index contributed by atoms with van der Waals surface area (Å²) in [5.41, 5.74) is 0.184. The van der Waals surface area contributed by atoms with Crippen LogP contribution in [0.15, 0.2) is 24.3 Å². The summed E-state index contributed by atoms with van der Waals surface area (Å²) in [5, 5.41) is 0. The zero-order valence-electron chi connectivity index (χ0n) is 12.6. The smallest absolute Gasteiger partial charge is 0.167 e. The van der Waals surface area contributed by atoms with Crippen molar-refractivity contribution in [2.45, 2.75) is 32.7 Å². The molecular weight excluding hydrogens is 257 g/mol. The quantitative estimate of drug-likeness (QED) is 0.651. The molecule has 1 atom stereocenters. The Balaban J connectivity index is 2.58. The van der Waals surface area contributed by atoms with E-state index in [0.717, 1.165) is 13.0 Å². The van der Waals surface area contributed by atoms with Gasteiger partial charge in [0.15, 0.2) is 5.78 Å². The topological polar surface area (TPSA) is 29.5 Å². The van der Waals surface area contributed by atoms with Gasteiger partial charge in [-0.3, -0.25) is 9.69 Å². The lowest BCUT2D eigenvalue weighted by molar-refractivity contribution is 0.0912. The molecule has 0 saturated carbocycles. The summed E-state index contributed by atoms with van der Waals surface area (Å²) in [5.74, 6) is -0.585. The number of methoxy groups -OCH3 is 1. The highest BCUT2D eigenvalue weighted by atomic mass is 19.1. The number of ether oxygens (including phenoxy) is 1. The maximum atomic E-state index is 13.5. The molecule has 0 heterocycles. The molecule has 0 spiro atoms. The molecule has 112 valence electrons. The van der Waals surface area contributed by atoms with Crippen molar-refractivity contribution in [2.75, 3.05) is 26.8 Å². The normalized spacial score (nSPS) is 12.7. The van der Waals surface area contributed by atoms with Crippen LogP contribution in [0, 0.1) is 5.82 Å². The second-order valence-corrected chi connectivity index (χ2v) is 4.94. The van der Waals surface area contributed by atoms with Crippen molar-refractivity contribution in [3.63, 3.8) is 0 Å². The molecule has 4 heteroatoms. The Morgan fingerprint density at radius 3 is 2.65 bits per heavy atom. The molecule has 1 aromatic carbocycles. The molecule has 0 aliphatic rings. The third-order valence-corrected chi connectivity index (χ3v) is 3.60. The number of carbonyl (C=O) groups excluding carboxylic acids is 1. The van der Waals surface area contributed by atoms with Gasteiger partial charge in [0.25, 0.3) is 0 Å². The van der Waals surface area contributed by atoms with Gasteiger partial charge >= 0.3 is 0 Å². The number of Topliss-reactive ketones (excluding diaryl/α,β-unsaturated/α-hetero) is 1. The van der Waals surface area contributed by atoms with Crippen LogP contribution in [-0.2, 0) is 4.74 Å². The third-order valence-electron chi connectivity index (χ3n) is 3.60. The van der Waals surface area contributed by atoms with E-state index < -0.39 is 5.82 Å². The summed E-state index contributed by atoms with van der Waals surface area (Å²) in [4.78, 5) is 14.3. The van der Waals surface area contributed by atoms with Gasteiger partial charge in [-0.05, 0) is 25.5 Å². The highest BCUT2D eigenvalue weighted by Gasteiger charge is 2.16. The highest BCUT2D eigenvalue weighted by molar-refractivity contribution is 5.96. The van der Waals surface area contributed by atoms with E-state index in [1.807, 2.05) is 0 Å². The predicted octanol–water partition coefficient (Wildman–Crippen LogP) is 3.15. The molecule has 1 unspecified atom stereocenters. The molecule has 0 bridgehead atoms. The second-order valence-electron chi connectivity index (χ2n) is 4.94. The minimum absolute atomic E-state index is 0.145. The highest BCUT2D eigenvalue weighted by Crippen LogP contribution is 2.11. The standard InChI is InChI=1S/C16H24FNO2/c1-4-13(2)18(11-12-20-3)10-9-16(19)14-7-5-6-8-15(14)17/h5-8,13H,4,9-12H2,1-3H3. The summed E-state index contributed by atoms with van der Waals surface area (Å²) in [6, 6.07) is 6.54. The van der Waals surface area contributed by atoms with Crippen molar-refractivity contribution in [3.8, 4) is 0 Å². The van der Waals surface area contributed by atoms with Crippen LogP contribution in [0.3, 0.4) is 0 Å². The number of nitrogens with zero attached hydrogens (tertiary/aromatic N) is 1. The Labute approximate surface area is 120 Å². The van der Waals surface area contributed by atoms with Crippen molar-refractivity contribution in [3.05, 3.63) is 35.6 Å². The van der Waals surface area contributed by atoms with E-state index in [1.54, 1.807) is 25.3 Å². The van der Waals surface area contributed by atoms with Gasteiger partial charge < -0.3 is 4.74 Å². The fourth-order valence-corrected chi connectivity index (χ4v) is 2.09. The number of hydrogen-bond donors (Lipinski definition) is 0. The zero-order chi connectivity index (χ0) is 15.0. The number of ketones is 1. The van der Waals surface area contributed by atoms with E-state index in [2.05, 4.69) is 18.7 Å². The van der Waals surface area contributed by atoms with E-state index in [4.69, 9.17) is 4.74 Å². The van der Waals surface area contributed by atoms with E-state index in [9.17, 15) is 9.18 Å². The molecule has 0 saturated heterocycles. The van der Waals surface area contributed by atoms with Crippen LogP contribution in [0.25, 0.3) is 0 Å². The number of halogens is 1. The molecule has 3 nitrogen and oxygen atoms in total. The van der Waals surface area contributed by atoms with Crippen LogP contribution in [0.1, 0.15) is 37.0 Å². The first-order valence-corrected chi connectivity index (χ1v) is 7.10. The molecule has 0 fully saturated rings. The molecule has 1 aromatic rings. The summed E-state index contributed by atoms with van der Waals surface area (Å²) in [6.45, 7) is 6.30. The molecule has 1 rings (SSSR count). The summed E-state index contributed by atoms with van der Waals surface area (Å²) < 4.78 is 18.6. The molecule has 0 aliphatic carbocycles. The van der Waals surface area contributed by atoms with Gasteiger partial charge in [-0.2, -0.15) is 0 Å². The van der Waals surface area contributed by atoms with E-state index in [-0.39, 0.29) is 11.3 Å². The van der Waals surface area contributed by atoms with Crippen LogP contribution in [0.5, 0.6) is 0 Å². The fraction of sp³-hybridized carbons (Fsp3) is 0.562. The van der Waals surface area contributed by atoms with E-state index >= 15 is 0 Å². The summed E-state index contributed by atoms with van der Waals surface area (Å²) in [7, 11) is 1.67. The average molecular weight is 281 g/mol. The summed E-state index contributed by atoms with van der Waals surface area (Å²) >= 11 is 0. The lowest BCUT2D eigenvalue weighted by Gasteiger charge is -2.27. The van der Waals surface area contributed by atoms with Gasteiger partial charge in [0.2, 0.25) is 0 Å². The molecular formula is C16H24FNO2. The van der Waals surface area contributed by atoms with Crippen molar-refractivity contribution >= 4 is 5.78 Å². The predicted molar refractivity (Wildman–Crippen MR) is 78.5 cm³/mol. The van der Waals surface area contributed by atoms with Crippen LogP contribution in [0.2, 0.25) is 0 Å². The van der Waals surface area contributed by atoms with Crippen LogP contribution in [-0.4, -0.2) is 43.5 Å². The first-order chi connectivity index (χ1) is 9.60. The number of carbonyl (C=O) groups is 1. The minimum atomic E-state index is -0.440. The second kappa shape index (κ2) is 8.82. The van der Waals surface area contributed by atoms with Crippen LogP contribution >= 0.6 is 0 Å². The zero-order valence-corrected chi connectivity index (χ0v) is 12.6. The number of benzene rings is 1. The Kier molecular flexibility index (Phi) is 7.41. The summed E-state index contributed by atoms with van der Waals surface area (Å²) in [6.07, 6.45) is 1.34. The van der Waals surface area contributed by atoms with Crippen LogP contribution in [0.4, 0.5) is 4.39 Å². The molecule has 20 heavy (non-hydrogen) atoms. The lowest BCUT2D eigenvalue weighted by atomic mass is 10.1. The Morgan fingerprint density at radius 2 is 2.05 bits per heavy atom. The van der Waals surface area contributed by atoms with Crippen molar-refractivity contribution in [2.24, 2.45) is 0 Å². The maximum absolute atomic E-state index is 13.5. The Bertz CT molecular complexity index is 423. The van der Waals surface area contributed by atoms with Crippen molar-refractivity contribution < 1.29 is 13.9 Å². The van der Waals surface area contributed by atoms with Gasteiger partial charge in [0.1, 0.15) is 5.82 Å². The van der Waals surface area contributed by atoms with E-state index in [1.165, 1.54) is 6.07 Å². The maximum Gasteiger partial charge on any atom is 0.167 e. The number of hydrogen-bond acceptors (Lipinski definition) is 3. The third kappa shape index (κ3) is 5.02. The first-order valence-electron chi connectivity index (χ1n) is 7.10. The van der Waals surface area contributed by atoms with Gasteiger partial charge in [0.05, 0.1) is 12.2 Å². The number of rotatable bonds is 9. The molecule has 0 N–H and O–H groups in total. The van der Waals surface area contributed by atoms with Gasteiger partial charge in [0, 0.05) is 32.7 Å². The van der Waals surface area contributed by atoms with Crippen LogP contribution < -0.4 is 0 Å². The lowest BCUT2D eigenvalue weighted by Crippen LogP contribution is -2.37. The van der Waals surface area contributed by atoms with Crippen molar-refractivity contribution in [1.29, 1.82) is 0 Å². The minimum Gasteiger partial charge on any atom is -0.383 e. The largest absolute Gasteiger partial charge is 0.383 e. The average Bonchev–Trinajstić information content (AvgIpc) is 2.46. The van der Waals surface area contributed by atoms with Crippen molar-refractivity contribution in [1.82, 2.24) is 4.90 Å². The van der Waals surface area contributed by atoms with E-state index in [0.29, 0.717) is 25.6 Å². The fourth-order valence-electron chi connectivity index (χ4n) is 2.09. The molecule has 0 aliphatic heterocycles. The molecule has 0 radical (unpaired) electrons. The van der Waals surface area contributed by atoms with Gasteiger partial charge in [-0.25, -0.2) is 4.39 Å². The van der Waals surface area contributed by atoms with Gasteiger partial charge in [-0.15, -0.1) is 0 Å². The monoisotopic (exact) mass is 281 g/mol.